The molecule has 0 aliphatic heterocycles. The zero-order valence-electron chi connectivity index (χ0n) is 14.2. The van der Waals surface area contributed by atoms with Gasteiger partial charge in [0.1, 0.15) is 5.69 Å². The van der Waals surface area contributed by atoms with Gasteiger partial charge in [-0.15, -0.1) is 0 Å². The number of rotatable bonds is 3. The molecule has 0 unspecified atom stereocenters. The molecule has 26 heavy (non-hydrogen) atoms. The summed E-state index contributed by atoms with van der Waals surface area (Å²) >= 11 is 0. The SMILES string of the molecule is COC(=O)c1ccc(NC(=O)c2[nH]nc3c2CCc2ccccc2-3)cc1. The van der Waals surface area contributed by atoms with Gasteiger partial charge in [-0.05, 0) is 42.7 Å². The molecule has 1 amide bonds. The van der Waals surface area contributed by atoms with Crippen LogP contribution in [0.15, 0.2) is 48.5 Å². The Morgan fingerprint density at radius 1 is 1.08 bits per heavy atom. The monoisotopic (exact) mass is 347 g/mol. The van der Waals surface area contributed by atoms with E-state index >= 15 is 0 Å². The molecule has 0 spiro atoms. The molecule has 0 radical (unpaired) electrons. The number of methoxy groups -OCH3 is 1. The zero-order valence-corrected chi connectivity index (χ0v) is 14.2. The Kier molecular flexibility index (Phi) is 4.01. The molecule has 6 heteroatoms. The highest BCUT2D eigenvalue weighted by Crippen LogP contribution is 2.33. The largest absolute Gasteiger partial charge is 0.465 e. The van der Waals surface area contributed by atoms with E-state index in [-0.39, 0.29) is 5.91 Å². The second-order valence-electron chi connectivity index (χ2n) is 6.11. The molecule has 6 nitrogen and oxygen atoms in total. The van der Waals surface area contributed by atoms with Gasteiger partial charge in [-0.1, -0.05) is 24.3 Å². The van der Waals surface area contributed by atoms with Gasteiger partial charge in [-0.25, -0.2) is 4.79 Å². The summed E-state index contributed by atoms with van der Waals surface area (Å²) in [6.07, 6.45) is 1.66. The lowest BCUT2D eigenvalue weighted by Crippen LogP contribution is -2.16. The van der Waals surface area contributed by atoms with Crippen LogP contribution in [0.2, 0.25) is 0 Å². The normalized spacial score (nSPS) is 12.0. The van der Waals surface area contributed by atoms with Crippen LogP contribution < -0.4 is 5.32 Å². The first-order valence-corrected chi connectivity index (χ1v) is 8.32. The van der Waals surface area contributed by atoms with Crippen LogP contribution >= 0.6 is 0 Å². The first kappa shape index (κ1) is 16.1. The fourth-order valence-corrected chi connectivity index (χ4v) is 3.25. The summed E-state index contributed by atoms with van der Waals surface area (Å²) < 4.78 is 4.67. The molecule has 1 aliphatic rings. The Morgan fingerprint density at radius 2 is 1.85 bits per heavy atom. The number of aryl methyl sites for hydroxylation is 1. The first-order chi connectivity index (χ1) is 12.7. The van der Waals surface area contributed by atoms with Crippen LogP contribution in [-0.2, 0) is 17.6 Å². The van der Waals surface area contributed by atoms with Crippen molar-refractivity contribution < 1.29 is 14.3 Å². The molecule has 130 valence electrons. The third-order valence-corrected chi connectivity index (χ3v) is 4.57. The topological polar surface area (TPSA) is 84.1 Å². The number of aromatic amines is 1. The van der Waals surface area contributed by atoms with Crippen LogP contribution in [0.25, 0.3) is 11.3 Å². The van der Waals surface area contributed by atoms with Crippen molar-refractivity contribution in [1.82, 2.24) is 10.2 Å². The number of nitrogens with zero attached hydrogens (tertiary/aromatic N) is 1. The molecule has 3 aromatic rings. The highest BCUT2D eigenvalue weighted by Gasteiger charge is 2.25. The summed E-state index contributed by atoms with van der Waals surface area (Å²) in [6.45, 7) is 0. The molecule has 0 saturated heterocycles. The van der Waals surface area contributed by atoms with Gasteiger partial charge < -0.3 is 10.1 Å². The van der Waals surface area contributed by atoms with Crippen molar-refractivity contribution in [3.05, 3.63) is 70.9 Å². The lowest BCUT2D eigenvalue weighted by Gasteiger charge is -2.15. The molecule has 4 rings (SSSR count). The highest BCUT2D eigenvalue weighted by molar-refractivity contribution is 6.05. The van der Waals surface area contributed by atoms with Crippen molar-refractivity contribution in [3.8, 4) is 11.3 Å². The van der Waals surface area contributed by atoms with E-state index in [0.717, 1.165) is 29.7 Å². The van der Waals surface area contributed by atoms with Gasteiger partial charge in [-0.3, -0.25) is 9.89 Å². The van der Waals surface area contributed by atoms with Gasteiger partial charge in [0.05, 0.1) is 18.4 Å². The molecule has 0 atom stereocenters. The number of hydrogen-bond acceptors (Lipinski definition) is 4. The van der Waals surface area contributed by atoms with Gasteiger partial charge >= 0.3 is 5.97 Å². The van der Waals surface area contributed by atoms with E-state index in [1.165, 1.54) is 12.7 Å². The number of amides is 1. The quantitative estimate of drug-likeness (QED) is 0.713. The van der Waals surface area contributed by atoms with Crippen molar-refractivity contribution in [3.63, 3.8) is 0 Å². The molecule has 2 aromatic carbocycles. The average molecular weight is 347 g/mol. The van der Waals surface area contributed by atoms with Gasteiger partial charge in [0.15, 0.2) is 0 Å². The molecular weight excluding hydrogens is 330 g/mol. The average Bonchev–Trinajstić information content (AvgIpc) is 3.12. The molecule has 0 bridgehead atoms. The van der Waals surface area contributed by atoms with Crippen LogP contribution in [0.5, 0.6) is 0 Å². The van der Waals surface area contributed by atoms with Crippen molar-refractivity contribution in [2.75, 3.05) is 12.4 Å². The lowest BCUT2D eigenvalue weighted by molar-refractivity contribution is 0.0600. The lowest BCUT2D eigenvalue weighted by atomic mass is 9.89. The summed E-state index contributed by atoms with van der Waals surface area (Å²) in [7, 11) is 1.33. The Balaban J connectivity index is 1.57. The maximum atomic E-state index is 12.7. The zero-order chi connectivity index (χ0) is 18.1. The summed E-state index contributed by atoms with van der Waals surface area (Å²) in [5.74, 6) is -0.659. The molecule has 0 fully saturated rings. The van der Waals surface area contributed by atoms with Crippen molar-refractivity contribution in [2.45, 2.75) is 12.8 Å². The van der Waals surface area contributed by atoms with Crippen LogP contribution in [0.1, 0.15) is 32.0 Å². The second-order valence-corrected chi connectivity index (χ2v) is 6.11. The van der Waals surface area contributed by atoms with Crippen LogP contribution in [0.4, 0.5) is 5.69 Å². The molecule has 0 saturated carbocycles. The smallest absolute Gasteiger partial charge is 0.337 e. The van der Waals surface area contributed by atoms with E-state index in [4.69, 9.17) is 0 Å². The van der Waals surface area contributed by atoms with E-state index in [1.807, 2.05) is 18.2 Å². The third kappa shape index (κ3) is 2.75. The number of esters is 1. The fraction of sp³-hybridized carbons (Fsp3) is 0.150. The van der Waals surface area contributed by atoms with E-state index in [1.54, 1.807) is 24.3 Å². The Morgan fingerprint density at radius 3 is 2.62 bits per heavy atom. The predicted octanol–water partition coefficient (Wildman–Crippen LogP) is 3.21. The van der Waals surface area contributed by atoms with E-state index < -0.39 is 5.97 Å². The number of fused-ring (bicyclic) bond motifs is 3. The fourth-order valence-electron chi connectivity index (χ4n) is 3.25. The van der Waals surface area contributed by atoms with Crippen molar-refractivity contribution >= 4 is 17.6 Å². The number of nitrogens with one attached hydrogen (secondary N) is 2. The van der Waals surface area contributed by atoms with Gasteiger partial charge in [0.25, 0.3) is 5.91 Å². The Bertz CT molecular complexity index is 990. The second kappa shape index (κ2) is 6.48. The van der Waals surface area contributed by atoms with Crippen LogP contribution in [0.3, 0.4) is 0 Å². The minimum absolute atomic E-state index is 0.246. The maximum absolute atomic E-state index is 12.7. The summed E-state index contributed by atoms with van der Waals surface area (Å²) in [4.78, 5) is 24.1. The minimum Gasteiger partial charge on any atom is -0.465 e. The molecule has 1 heterocycles. The Labute approximate surface area is 150 Å². The number of anilines is 1. The van der Waals surface area contributed by atoms with E-state index in [9.17, 15) is 9.59 Å². The predicted molar refractivity (Wildman–Crippen MR) is 97.2 cm³/mol. The number of aromatic nitrogens is 2. The molecule has 1 aliphatic carbocycles. The standard InChI is InChI=1S/C20H17N3O3/c1-26-20(25)13-6-9-14(10-7-13)21-19(24)18-16-11-8-12-4-2-3-5-15(12)17(16)22-23-18/h2-7,9-10H,8,11H2,1H3,(H,21,24)(H,22,23). The van der Waals surface area contributed by atoms with Crippen molar-refractivity contribution in [2.24, 2.45) is 0 Å². The van der Waals surface area contributed by atoms with Crippen LogP contribution in [-0.4, -0.2) is 29.2 Å². The van der Waals surface area contributed by atoms with Crippen LogP contribution in [0, 0.1) is 0 Å². The summed E-state index contributed by atoms with van der Waals surface area (Å²) in [5.41, 5.74) is 5.61. The number of carbonyl (C=O) groups excluding carboxylic acids is 2. The highest BCUT2D eigenvalue weighted by atomic mass is 16.5. The number of carbonyl (C=O) groups is 2. The maximum Gasteiger partial charge on any atom is 0.337 e. The number of hydrogen-bond donors (Lipinski definition) is 2. The summed E-state index contributed by atoms with van der Waals surface area (Å²) in [5, 5.41) is 10.1. The number of benzene rings is 2. The Hall–Kier alpha value is -3.41. The van der Waals surface area contributed by atoms with E-state index in [0.29, 0.717) is 16.9 Å². The molecule has 2 N–H and O–H groups in total. The molecule has 1 aromatic heterocycles. The van der Waals surface area contributed by atoms with Gasteiger partial charge in [0, 0.05) is 16.8 Å². The van der Waals surface area contributed by atoms with Gasteiger partial charge in [0.2, 0.25) is 0 Å². The van der Waals surface area contributed by atoms with E-state index in [2.05, 4.69) is 26.3 Å². The number of H-pyrrole nitrogens is 1. The number of ether oxygens (including phenoxy) is 1. The summed E-state index contributed by atoms with van der Waals surface area (Å²) in [6, 6.07) is 14.7. The minimum atomic E-state index is -0.413. The van der Waals surface area contributed by atoms with Gasteiger partial charge in [-0.2, -0.15) is 5.10 Å². The van der Waals surface area contributed by atoms with Crippen molar-refractivity contribution in [1.29, 1.82) is 0 Å². The first-order valence-electron chi connectivity index (χ1n) is 8.32. The third-order valence-electron chi connectivity index (χ3n) is 4.57. The molecular formula is C20H17N3O3.